The van der Waals surface area contributed by atoms with Gasteiger partial charge in [-0.15, -0.1) is 0 Å². The molecule has 1 amide bonds. The molecule has 0 radical (unpaired) electrons. The first-order valence-electron chi connectivity index (χ1n) is 7.82. The first-order valence-corrected chi connectivity index (χ1v) is 9.68. The summed E-state index contributed by atoms with van der Waals surface area (Å²) in [7, 11) is -2.75. The molecule has 2 aromatic carbocycles. The van der Waals surface area contributed by atoms with E-state index in [0.717, 1.165) is 12.1 Å². The van der Waals surface area contributed by atoms with Crippen LogP contribution in [0, 0.1) is 0 Å². The standard InChI is InChI=1S/C17H16ClF3N2O4S/c1-10(16(24)22-2)27-12-4-6-13(7-5-12)28(25,26)23-15-9-11(17(19,20)21)3-8-14(15)18/h3-10,23H,1-2H3,(H,22,24)/t10-/m0/s1. The summed E-state index contributed by atoms with van der Waals surface area (Å²) < 4.78 is 70.8. The Labute approximate surface area is 164 Å². The summed E-state index contributed by atoms with van der Waals surface area (Å²) in [4.78, 5) is 11.2. The summed E-state index contributed by atoms with van der Waals surface area (Å²) in [6.45, 7) is 1.51. The lowest BCUT2D eigenvalue weighted by Crippen LogP contribution is -2.33. The van der Waals surface area contributed by atoms with Gasteiger partial charge in [0.05, 0.1) is 21.2 Å². The molecule has 0 fully saturated rings. The van der Waals surface area contributed by atoms with E-state index < -0.39 is 33.6 Å². The van der Waals surface area contributed by atoms with Crippen molar-refractivity contribution in [2.45, 2.75) is 24.1 Å². The number of benzene rings is 2. The van der Waals surface area contributed by atoms with Gasteiger partial charge in [0.15, 0.2) is 6.10 Å². The zero-order valence-corrected chi connectivity index (χ0v) is 16.2. The average molecular weight is 437 g/mol. The van der Waals surface area contributed by atoms with Crippen LogP contribution in [0.3, 0.4) is 0 Å². The number of hydrogen-bond donors (Lipinski definition) is 2. The molecule has 0 aliphatic heterocycles. The number of rotatable bonds is 6. The van der Waals surface area contributed by atoms with Crippen molar-refractivity contribution in [1.82, 2.24) is 5.32 Å². The third-order valence-electron chi connectivity index (χ3n) is 3.60. The highest BCUT2D eigenvalue weighted by atomic mass is 35.5. The zero-order valence-electron chi connectivity index (χ0n) is 14.7. The number of halogens is 4. The van der Waals surface area contributed by atoms with Crippen molar-refractivity contribution < 1.29 is 31.1 Å². The Morgan fingerprint density at radius 1 is 1.14 bits per heavy atom. The van der Waals surface area contributed by atoms with E-state index in [4.69, 9.17) is 16.3 Å². The predicted molar refractivity (Wildman–Crippen MR) is 97.9 cm³/mol. The van der Waals surface area contributed by atoms with Crippen molar-refractivity contribution in [1.29, 1.82) is 0 Å². The maximum atomic E-state index is 12.8. The summed E-state index contributed by atoms with van der Waals surface area (Å²) in [6, 6.07) is 7.34. The average Bonchev–Trinajstić information content (AvgIpc) is 2.62. The van der Waals surface area contributed by atoms with Crippen LogP contribution in [0.4, 0.5) is 18.9 Å². The zero-order chi connectivity index (χ0) is 21.1. The van der Waals surface area contributed by atoms with Gasteiger partial charge in [0.2, 0.25) is 0 Å². The van der Waals surface area contributed by atoms with Crippen LogP contribution < -0.4 is 14.8 Å². The molecule has 2 N–H and O–H groups in total. The molecule has 0 aliphatic carbocycles. The summed E-state index contributed by atoms with van der Waals surface area (Å²) in [6.07, 6.45) is -5.44. The van der Waals surface area contributed by atoms with E-state index in [1.165, 1.54) is 38.2 Å². The van der Waals surface area contributed by atoms with Gasteiger partial charge in [0.25, 0.3) is 15.9 Å². The predicted octanol–water partition coefficient (Wildman–Crippen LogP) is 3.67. The maximum absolute atomic E-state index is 12.8. The molecule has 0 bridgehead atoms. The fourth-order valence-corrected chi connectivity index (χ4v) is 3.43. The van der Waals surface area contributed by atoms with Crippen LogP contribution in [0.15, 0.2) is 47.4 Å². The number of carbonyl (C=O) groups is 1. The molecule has 152 valence electrons. The number of anilines is 1. The molecule has 0 saturated heterocycles. The minimum Gasteiger partial charge on any atom is -0.481 e. The number of nitrogens with one attached hydrogen (secondary N) is 2. The normalized spacial score (nSPS) is 12.9. The van der Waals surface area contributed by atoms with Crippen LogP contribution in [0.1, 0.15) is 12.5 Å². The van der Waals surface area contributed by atoms with Gasteiger partial charge in [-0.3, -0.25) is 9.52 Å². The monoisotopic (exact) mass is 436 g/mol. The number of carbonyl (C=O) groups excluding carboxylic acids is 1. The Hall–Kier alpha value is -2.46. The van der Waals surface area contributed by atoms with Crippen LogP contribution in [-0.2, 0) is 21.0 Å². The molecule has 2 rings (SSSR count). The van der Waals surface area contributed by atoms with E-state index >= 15 is 0 Å². The first-order chi connectivity index (χ1) is 12.9. The Balaban J connectivity index is 2.23. The molecule has 0 saturated carbocycles. The van der Waals surface area contributed by atoms with Gasteiger partial charge in [0.1, 0.15) is 5.75 Å². The fraction of sp³-hybridized carbons (Fsp3) is 0.235. The van der Waals surface area contributed by atoms with Gasteiger partial charge in [-0.1, -0.05) is 11.6 Å². The lowest BCUT2D eigenvalue weighted by Gasteiger charge is -2.14. The molecule has 0 spiro atoms. The van der Waals surface area contributed by atoms with Gasteiger partial charge < -0.3 is 10.1 Å². The molecule has 6 nitrogen and oxygen atoms in total. The van der Waals surface area contributed by atoms with Gasteiger partial charge in [0, 0.05) is 7.05 Å². The van der Waals surface area contributed by atoms with Crippen molar-refractivity contribution in [3.05, 3.63) is 53.1 Å². The Morgan fingerprint density at radius 2 is 1.75 bits per heavy atom. The number of likely N-dealkylation sites (N-methyl/N-ethyl adjacent to an activating group) is 1. The SMILES string of the molecule is CNC(=O)[C@H](C)Oc1ccc(S(=O)(=O)Nc2cc(C(F)(F)F)ccc2Cl)cc1. The van der Waals surface area contributed by atoms with E-state index in [1.54, 1.807) is 0 Å². The number of amides is 1. The molecule has 0 aliphatic rings. The van der Waals surface area contributed by atoms with Crippen LogP contribution >= 0.6 is 11.6 Å². The fourth-order valence-electron chi connectivity index (χ4n) is 2.14. The van der Waals surface area contributed by atoms with E-state index in [1.807, 2.05) is 4.72 Å². The van der Waals surface area contributed by atoms with E-state index in [2.05, 4.69) is 5.32 Å². The van der Waals surface area contributed by atoms with Gasteiger partial charge in [-0.2, -0.15) is 13.2 Å². The second kappa shape index (κ2) is 8.27. The Morgan fingerprint density at radius 3 is 2.29 bits per heavy atom. The number of ether oxygens (including phenoxy) is 1. The third-order valence-corrected chi connectivity index (χ3v) is 5.31. The van der Waals surface area contributed by atoms with Crippen molar-refractivity contribution in [3.8, 4) is 5.75 Å². The molecule has 2 aromatic rings. The first kappa shape index (κ1) is 21.8. The highest BCUT2D eigenvalue weighted by Crippen LogP contribution is 2.34. The highest BCUT2D eigenvalue weighted by molar-refractivity contribution is 7.92. The van der Waals surface area contributed by atoms with Gasteiger partial charge >= 0.3 is 6.18 Å². The van der Waals surface area contributed by atoms with Crippen molar-refractivity contribution >= 4 is 33.2 Å². The summed E-state index contributed by atoms with van der Waals surface area (Å²) in [5.74, 6) is -0.121. The molecular formula is C17H16ClF3N2O4S. The maximum Gasteiger partial charge on any atom is 0.416 e. The third kappa shape index (κ3) is 5.29. The number of sulfonamides is 1. The largest absolute Gasteiger partial charge is 0.481 e. The van der Waals surface area contributed by atoms with Gasteiger partial charge in [-0.25, -0.2) is 8.42 Å². The summed E-state index contributed by atoms with van der Waals surface area (Å²) >= 11 is 5.81. The molecule has 1 atom stereocenters. The van der Waals surface area contributed by atoms with Crippen LogP contribution in [-0.4, -0.2) is 27.5 Å². The van der Waals surface area contributed by atoms with Gasteiger partial charge in [-0.05, 0) is 49.4 Å². The Kier molecular flexibility index (Phi) is 6.45. The molecule has 0 aromatic heterocycles. The lowest BCUT2D eigenvalue weighted by molar-refractivity contribution is -0.137. The molecule has 28 heavy (non-hydrogen) atoms. The van der Waals surface area contributed by atoms with E-state index in [9.17, 15) is 26.4 Å². The van der Waals surface area contributed by atoms with Crippen molar-refractivity contribution in [2.24, 2.45) is 0 Å². The quantitative estimate of drug-likeness (QED) is 0.723. The Bertz CT molecular complexity index is 963. The molecule has 11 heteroatoms. The molecule has 0 unspecified atom stereocenters. The second-order valence-corrected chi connectivity index (χ2v) is 7.73. The summed E-state index contributed by atoms with van der Waals surface area (Å²) in [5.41, 5.74) is -1.44. The second-order valence-electron chi connectivity index (χ2n) is 5.64. The minimum atomic E-state index is -4.65. The van der Waals surface area contributed by atoms with E-state index in [-0.39, 0.29) is 21.6 Å². The van der Waals surface area contributed by atoms with Crippen LogP contribution in [0.5, 0.6) is 5.75 Å². The number of alkyl halides is 3. The van der Waals surface area contributed by atoms with Crippen LogP contribution in [0.25, 0.3) is 0 Å². The summed E-state index contributed by atoms with van der Waals surface area (Å²) in [5, 5.41) is 2.22. The lowest BCUT2D eigenvalue weighted by atomic mass is 10.2. The highest BCUT2D eigenvalue weighted by Gasteiger charge is 2.31. The molecular weight excluding hydrogens is 421 g/mol. The van der Waals surface area contributed by atoms with Crippen molar-refractivity contribution in [3.63, 3.8) is 0 Å². The number of hydrogen-bond acceptors (Lipinski definition) is 4. The minimum absolute atomic E-state index is 0.184. The van der Waals surface area contributed by atoms with E-state index in [0.29, 0.717) is 6.07 Å². The van der Waals surface area contributed by atoms with Crippen molar-refractivity contribution in [2.75, 3.05) is 11.8 Å². The molecule has 0 heterocycles. The smallest absolute Gasteiger partial charge is 0.416 e. The topological polar surface area (TPSA) is 84.5 Å². The van der Waals surface area contributed by atoms with Crippen LogP contribution in [0.2, 0.25) is 5.02 Å².